The molecule has 0 unspecified atom stereocenters. The highest BCUT2D eigenvalue weighted by molar-refractivity contribution is 7.99. The van der Waals surface area contributed by atoms with Gasteiger partial charge in [-0.25, -0.2) is 5.43 Å². The standard InChI is InChI=1S/C27H20ClN5O2S/c28-20-13-10-19(11-14-20)26-31-32-27(33(26)21-7-2-1-3-8-21)36-17-25(35)30-29-16-23-22-9-5-4-6-18(22)12-15-24(23)34/h1-16,34H,17H2,(H,30,35). The molecule has 9 heteroatoms. The van der Waals surface area contributed by atoms with E-state index < -0.39 is 0 Å². The van der Waals surface area contributed by atoms with E-state index in [2.05, 4.69) is 20.7 Å². The summed E-state index contributed by atoms with van der Waals surface area (Å²) in [7, 11) is 0. The van der Waals surface area contributed by atoms with Crippen molar-refractivity contribution in [1.29, 1.82) is 0 Å². The quantitative estimate of drug-likeness (QED) is 0.166. The van der Waals surface area contributed by atoms with Gasteiger partial charge in [-0.2, -0.15) is 5.10 Å². The Morgan fingerprint density at radius 3 is 2.53 bits per heavy atom. The number of phenolic OH excluding ortho intramolecular Hbond substituents is 1. The second kappa shape index (κ2) is 10.6. The van der Waals surface area contributed by atoms with Crippen molar-refractivity contribution >= 4 is 46.3 Å². The lowest BCUT2D eigenvalue weighted by Crippen LogP contribution is -2.20. The lowest BCUT2D eigenvalue weighted by molar-refractivity contribution is -0.118. The molecule has 2 N–H and O–H groups in total. The first-order valence-electron chi connectivity index (χ1n) is 11.0. The zero-order valence-corrected chi connectivity index (χ0v) is 20.4. The SMILES string of the molecule is O=C(CSc1nnc(-c2ccc(Cl)cc2)n1-c1ccccc1)NN=Cc1c(O)ccc2ccccc12. The molecule has 5 aromatic rings. The van der Waals surface area contributed by atoms with Gasteiger partial charge in [0, 0.05) is 21.8 Å². The van der Waals surface area contributed by atoms with E-state index in [-0.39, 0.29) is 17.4 Å². The molecule has 0 aliphatic rings. The number of rotatable bonds is 7. The van der Waals surface area contributed by atoms with Crippen LogP contribution in [-0.4, -0.2) is 37.7 Å². The van der Waals surface area contributed by atoms with Gasteiger partial charge in [-0.05, 0) is 53.2 Å². The van der Waals surface area contributed by atoms with Crippen molar-refractivity contribution in [1.82, 2.24) is 20.2 Å². The van der Waals surface area contributed by atoms with E-state index >= 15 is 0 Å². The fraction of sp³-hybridized carbons (Fsp3) is 0.0370. The van der Waals surface area contributed by atoms with Gasteiger partial charge in [0.1, 0.15) is 5.75 Å². The number of para-hydroxylation sites is 1. The van der Waals surface area contributed by atoms with E-state index in [1.54, 1.807) is 18.2 Å². The van der Waals surface area contributed by atoms with Crippen LogP contribution in [0.25, 0.3) is 27.8 Å². The summed E-state index contributed by atoms with van der Waals surface area (Å²) in [5.41, 5.74) is 4.79. The predicted octanol–water partition coefficient (Wildman–Crippen LogP) is 5.69. The highest BCUT2D eigenvalue weighted by atomic mass is 35.5. The van der Waals surface area contributed by atoms with E-state index in [4.69, 9.17) is 11.6 Å². The Labute approximate surface area is 216 Å². The topological polar surface area (TPSA) is 92.4 Å². The third kappa shape index (κ3) is 5.10. The summed E-state index contributed by atoms with van der Waals surface area (Å²) in [6, 6.07) is 28.1. The van der Waals surface area contributed by atoms with Gasteiger partial charge in [0.2, 0.25) is 0 Å². The Kier molecular flexibility index (Phi) is 6.97. The summed E-state index contributed by atoms with van der Waals surface area (Å²) in [6.45, 7) is 0. The van der Waals surface area contributed by atoms with Gasteiger partial charge in [-0.1, -0.05) is 71.9 Å². The van der Waals surface area contributed by atoms with Crippen molar-refractivity contribution in [3.8, 4) is 22.8 Å². The van der Waals surface area contributed by atoms with Gasteiger partial charge in [-0.3, -0.25) is 9.36 Å². The molecular weight excluding hydrogens is 494 g/mol. The van der Waals surface area contributed by atoms with E-state index in [1.165, 1.54) is 18.0 Å². The molecule has 1 aromatic heterocycles. The summed E-state index contributed by atoms with van der Waals surface area (Å²) in [5.74, 6) is 0.494. The Hall–Kier alpha value is -4.14. The van der Waals surface area contributed by atoms with Gasteiger partial charge in [0.15, 0.2) is 11.0 Å². The van der Waals surface area contributed by atoms with Crippen LogP contribution in [0.5, 0.6) is 5.75 Å². The molecule has 1 amide bonds. The Balaban J connectivity index is 1.33. The van der Waals surface area contributed by atoms with Crippen LogP contribution in [0.3, 0.4) is 0 Å². The molecule has 0 aliphatic carbocycles. The lowest BCUT2D eigenvalue weighted by Gasteiger charge is -2.10. The summed E-state index contributed by atoms with van der Waals surface area (Å²) < 4.78 is 1.90. The summed E-state index contributed by atoms with van der Waals surface area (Å²) in [5, 5.41) is 26.0. The van der Waals surface area contributed by atoms with Crippen LogP contribution in [0.1, 0.15) is 5.56 Å². The Bertz CT molecular complexity index is 1550. The number of benzene rings is 4. The zero-order valence-electron chi connectivity index (χ0n) is 18.9. The average Bonchev–Trinajstić information content (AvgIpc) is 3.33. The number of nitrogens with zero attached hydrogens (tertiary/aromatic N) is 4. The van der Waals surface area contributed by atoms with Crippen molar-refractivity contribution in [3.05, 3.63) is 102 Å². The second-order valence-electron chi connectivity index (χ2n) is 7.79. The second-order valence-corrected chi connectivity index (χ2v) is 9.16. The van der Waals surface area contributed by atoms with Crippen molar-refractivity contribution in [2.24, 2.45) is 5.10 Å². The maximum atomic E-state index is 12.5. The molecule has 0 radical (unpaired) electrons. The normalized spacial score (nSPS) is 11.2. The van der Waals surface area contributed by atoms with E-state index in [0.717, 1.165) is 22.0 Å². The Morgan fingerprint density at radius 2 is 1.72 bits per heavy atom. The number of aromatic nitrogens is 3. The van der Waals surface area contributed by atoms with Gasteiger partial charge in [-0.15, -0.1) is 10.2 Å². The molecule has 0 saturated heterocycles. The number of carbonyl (C=O) groups excluding carboxylic acids is 1. The van der Waals surface area contributed by atoms with Crippen molar-refractivity contribution in [2.45, 2.75) is 5.16 Å². The van der Waals surface area contributed by atoms with Crippen LogP contribution in [0.15, 0.2) is 101 Å². The number of halogens is 1. The molecular formula is C27H20ClN5O2S. The largest absolute Gasteiger partial charge is 0.507 e. The first-order chi connectivity index (χ1) is 17.6. The third-order valence-electron chi connectivity index (χ3n) is 5.41. The molecule has 0 spiro atoms. The van der Waals surface area contributed by atoms with Crippen LogP contribution in [-0.2, 0) is 4.79 Å². The minimum atomic E-state index is -0.313. The highest BCUT2D eigenvalue weighted by Gasteiger charge is 2.17. The molecule has 4 aromatic carbocycles. The molecule has 0 aliphatic heterocycles. The van der Waals surface area contributed by atoms with Crippen LogP contribution in [0.2, 0.25) is 5.02 Å². The van der Waals surface area contributed by atoms with E-state index in [1.807, 2.05) is 77.4 Å². The maximum absolute atomic E-state index is 12.5. The van der Waals surface area contributed by atoms with E-state index in [0.29, 0.717) is 21.6 Å². The van der Waals surface area contributed by atoms with Crippen molar-refractivity contribution in [2.75, 3.05) is 5.75 Å². The Morgan fingerprint density at radius 1 is 0.972 bits per heavy atom. The maximum Gasteiger partial charge on any atom is 0.250 e. The fourth-order valence-electron chi connectivity index (χ4n) is 3.71. The number of hydrazone groups is 1. The molecule has 0 fully saturated rings. The molecule has 178 valence electrons. The molecule has 36 heavy (non-hydrogen) atoms. The minimum absolute atomic E-state index is 0.0739. The molecule has 0 atom stereocenters. The summed E-state index contributed by atoms with van der Waals surface area (Å²) in [6.07, 6.45) is 1.45. The number of hydrogen-bond donors (Lipinski definition) is 2. The summed E-state index contributed by atoms with van der Waals surface area (Å²) in [4.78, 5) is 12.5. The predicted molar refractivity (Wildman–Crippen MR) is 144 cm³/mol. The highest BCUT2D eigenvalue weighted by Crippen LogP contribution is 2.29. The number of nitrogens with one attached hydrogen (secondary N) is 1. The van der Waals surface area contributed by atoms with E-state index in [9.17, 15) is 9.90 Å². The van der Waals surface area contributed by atoms with Crippen LogP contribution in [0, 0.1) is 0 Å². The van der Waals surface area contributed by atoms with Gasteiger partial charge in [0.25, 0.3) is 5.91 Å². The molecule has 7 nitrogen and oxygen atoms in total. The fourth-order valence-corrected chi connectivity index (χ4v) is 4.58. The van der Waals surface area contributed by atoms with Crippen molar-refractivity contribution < 1.29 is 9.90 Å². The monoisotopic (exact) mass is 513 g/mol. The number of fused-ring (bicyclic) bond motifs is 1. The van der Waals surface area contributed by atoms with Crippen LogP contribution in [0.4, 0.5) is 0 Å². The van der Waals surface area contributed by atoms with Crippen LogP contribution < -0.4 is 5.43 Å². The average molecular weight is 514 g/mol. The number of hydrogen-bond acceptors (Lipinski definition) is 6. The number of aromatic hydroxyl groups is 1. The zero-order chi connectivity index (χ0) is 24.9. The number of carbonyl (C=O) groups is 1. The van der Waals surface area contributed by atoms with Gasteiger partial charge in [0.05, 0.1) is 12.0 Å². The molecule has 0 bridgehead atoms. The van der Waals surface area contributed by atoms with Crippen LogP contribution >= 0.6 is 23.4 Å². The first-order valence-corrected chi connectivity index (χ1v) is 12.4. The third-order valence-corrected chi connectivity index (χ3v) is 6.59. The van der Waals surface area contributed by atoms with Gasteiger partial charge < -0.3 is 5.11 Å². The first kappa shape index (κ1) is 23.6. The van der Waals surface area contributed by atoms with Gasteiger partial charge >= 0.3 is 0 Å². The smallest absolute Gasteiger partial charge is 0.250 e. The number of thioether (sulfide) groups is 1. The number of phenols is 1. The molecule has 5 rings (SSSR count). The summed E-state index contributed by atoms with van der Waals surface area (Å²) >= 11 is 7.30. The van der Waals surface area contributed by atoms with Crippen molar-refractivity contribution in [3.63, 3.8) is 0 Å². The lowest BCUT2D eigenvalue weighted by atomic mass is 10.0. The molecule has 0 saturated carbocycles. The number of amides is 1. The molecule has 1 heterocycles. The minimum Gasteiger partial charge on any atom is -0.507 e.